The Hall–Kier alpha value is -1.42. The zero-order valence-corrected chi connectivity index (χ0v) is 9.07. The number of carbonyl (C=O) groups excluding carboxylic acids is 1. The summed E-state index contributed by atoms with van der Waals surface area (Å²) in [4.78, 5) is 18.8. The molecular formula is C10H11ClN2O2. The SMILES string of the molecule is CCOC(=O)CC=Cc1ncc(Cl)cn1. The highest BCUT2D eigenvalue weighted by atomic mass is 35.5. The van der Waals surface area contributed by atoms with E-state index in [-0.39, 0.29) is 12.4 Å². The lowest BCUT2D eigenvalue weighted by atomic mass is 10.3. The smallest absolute Gasteiger partial charge is 0.309 e. The molecule has 0 radical (unpaired) electrons. The van der Waals surface area contributed by atoms with Crippen LogP contribution >= 0.6 is 11.6 Å². The number of nitrogens with zero attached hydrogens (tertiary/aromatic N) is 2. The number of rotatable bonds is 4. The molecule has 0 saturated carbocycles. The molecule has 0 spiro atoms. The van der Waals surface area contributed by atoms with Crippen LogP contribution in [0.1, 0.15) is 19.2 Å². The van der Waals surface area contributed by atoms with Gasteiger partial charge in [-0.1, -0.05) is 17.7 Å². The second-order valence-corrected chi connectivity index (χ2v) is 3.11. The summed E-state index contributed by atoms with van der Waals surface area (Å²) in [6.45, 7) is 2.16. The summed E-state index contributed by atoms with van der Waals surface area (Å²) in [6, 6.07) is 0. The molecule has 0 bridgehead atoms. The molecule has 4 nitrogen and oxygen atoms in total. The van der Waals surface area contributed by atoms with Gasteiger partial charge in [0.05, 0.1) is 18.1 Å². The van der Waals surface area contributed by atoms with E-state index in [0.717, 1.165) is 0 Å². The van der Waals surface area contributed by atoms with Crippen molar-refractivity contribution in [2.24, 2.45) is 0 Å². The molecule has 0 unspecified atom stereocenters. The maximum Gasteiger partial charge on any atom is 0.309 e. The Bertz CT molecular complexity index is 349. The number of halogens is 1. The molecule has 0 fully saturated rings. The fraction of sp³-hybridized carbons (Fsp3) is 0.300. The molecule has 1 aromatic rings. The molecule has 0 atom stereocenters. The van der Waals surface area contributed by atoms with E-state index in [2.05, 4.69) is 9.97 Å². The third-order valence-electron chi connectivity index (χ3n) is 1.50. The predicted molar refractivity (Wildman–Crippen MR) is 57.3 cm³/mol. The lowest BCUT2D eigenvalue weighted by Gasteiger charge is -1.96. The average molecular weight is 227 g/mol. The van der Waals surface area contributed by atoms with Gasteiger partial charge in [-0.3, -0.25) is 4.79 Å². The minimum absolute atomic E-state index is 0.222. The summed E-state index contributed by atoms with van der Waals surface area (Å²) in [5, 5.41) is 0.484. The largest absolute Gasteiger partial charge is 0.466 e. The summed E-state index contributed by atoms with van der Waals surface area (Å²) in [5.41, 5.74) is 0. The van der Waals surface area contributed by atoms with E-state index in [1.54, 1.807) is 19.1 Å². The second-order valence-electron chi connectivity index (χ2n) is 2.67. The molecule has 80 valence electrons. The molecule has 0 saturated heterocycles. The Morgan fingerprint density at radius 1 is 1.53 bits per heavy atom. The van der Waals surface area contributed by atoms with Gasteiger partial charge in [-0.25, -0.2) is 9.97 Å². The summed E-state index contributed by atoms with van der Waals surface area (Å²) >= 11 is 5.61. The van der Waals surface area contributed by atoms with Crippen molar-refractivity contribution in [1.29, 1.82) is 0 Å². The molecule has 1 aromatic heterocycles. The third kappa shape index (κ3) is 4.56. The first kappa shape index (κ1) is 11.7. The minimum Gasteiger partial charge on any atom is -0.466 e. The molecule has 0 aliphatic rings. The first-order chi connectivity index (χ1) is 7.22. The van der Waals surface area contributed by atoms with E-state index in [4.69, 9.17) is 16.3 Å². The quantitative estimate of drug-likeness (QED) is 0.738. The van der Waals surface area contributed by atoms with Crippen LogP contribution in [0.4, 0.5) is 0 Å². The van der Waals surface area contributed by atoms with E-state index in [9.17, 15) is 4.79 Å². The number of hydrogen-bond acceptors (Lipinski definition) is 4. The van der Waals surface area contributed by atoms with Crippen LogP contribution in [0.5, 0.6) is 0 Å². The molecule has 1 heterocycles. The van der Waals surface area contributed by atoms with E-state index >= 15 is 0 Å². The zero-order valence-electron chi connectivity index (χ0n) is 8.31. The average Bonchev–Trinajstić information content (AvgIpc) is 2.21. The molecule has 0 aromatic carbocycles. The Morgan fingerprint density at radius 3 is 2.80 bits per heavy atom. The lowest BCUT2D eigenvalue weighted by Crippen LogP contribution is -2.01. The number of hydrogen-bond donors (Lipinski definition) is 0. The molecule has 0 amide bonds. The number of ether oxygens (including phenoxy) is 1. The van der Waals surface area contributed by atoms with Crippen molar-refractivity contribution in [2.45, 2.75) is 13.3 Å². The Balaban J connectivity index is 2.44. The van der Waals surface area contributed by atoms with Crippen LogP contribution in [0.2, 0.25) is 5.02 Å². The Kier molecular flexibility index (Phi) is 4.77. The summed E-state index contributed by atoms with van der Waals surface area (Å²) in [6.07, 6.45) is 6.52. The van der Waals surface area contributed by atoms with Gasteiger partial charge in [0.1, 0.15) is 0 Å². The number of aromatic nitrogens is 2. The van der Waals surface area contributed by atoms with Crippen molar-refractivity contribution < 1.29 is 9.53 Å². The van der Waals surface area contributed by atoms with E-state index in [1.165, 1.54) is 12.4 Å². The van der Waals surface area contributed by atoms with Gasteiger partial charge in [-0.2, -0.15) is 0 Å². The molecule has 0 N–H and O–H groups in total. The molecular weight excluding hydrogens is 216 g/mol. The Labute approximate surface area is 92.9 Å². The summed E-state index contributed by atoms with van der Waals surface area (Å²) < 4.78 is 4.75. The highest BCUT2D eigenvalue weighted by Crippen LogP contribution is 2.04. The Morgan fingerprint density at radius 2 is 2.20 bits per heavy atom. The third-order valence-corrected chi connectivity index (χ3v) is 1.69. The van der Waals surface area contributed by atoms with Crippen LogP contribution in [0.3, 0.4) is 0 Å². The van der Waals surface area contributed by atoms with Crippen molar-refractivity contribution in [2.75, 3.05) is 6.61 Å². The van der Waals surface area contributed by atoms with Crippen LogP contribution in [-0.2, 0) is 9.53 Å². The van der Waals surface area contributed by atoms with Crippen LogP contribution < -0.4 is 0 Å². The maximum atomic E-state index is 11.0. The van der Waals surface area contributed by atoms with E-state index < -0.39 is 0 Å². The second kappa shape index (κ2) is 6.14. The summed E-state index contributed by atoms with van der Waals surface area (Å²) in [5.74, 6) is 0.256. The van der Waals surface area contributed by atoms with Crippen molar-refractivity contribution in [1.82, 2.24) is 9.97 Å². The van der Waals surface area contributed by atoms with Gasteiger partial charge in [0.25, 0.3) is 0 Å². The molecule has 5 heteroatoms. The first-order valence-corrected chi connectivity index (χ1v) is 4.90. The van der Waals surface area contributed by atoms with Crippen molar-refractivity contribution in [3.05, 3.63) is 29.3 Å². The standard InChI is InChI=1S/C10H11ClN2O2/c1-2-15-10(14)5-3-4-9-12-6-8(11)7-13-9/h3-4,6-7H,2,5H2,1H3. The van der Waals surface area contributed by atoms with Crippen molar-refractivity contribution >= 4 is 23.6 Å². The van der Waals surface area contributed by atoms with Gasteiger partial charge in [0.2, 0.25) is 0 Å². The van der Waals surface area contributed by atoms with Crippen molar-refractivity contribution in [3.8, 4) is 0 Å². The lowest BCUT2D eigenvalue weighted by molar-refractivity contribution is -0.142. The number of esters is 1. The van der Waals surface area contributed by atoms with Gasteiger partial charge in [0, 0.05) is 12.4 Å². The van der Waals surface area contributed by atoms with Gasteiger partial charge < -0.3 is 4.74 Å². The minimum atomic E-state index is -0.261. The van der Waals surface area contributed by atoms with Crippen LogP contribution in [0.25, 0.3) is 6.08 Å². The molecule has 0 aliphatic carbocycles. The maximum absolute atomic E-state index is 11.0. The van der Waals surface area contributed by atoms with Crippen LogP contribution in [0.15, 0.2) is 18.5 Å². The first-order valence-electron chi connectivity index (χ1n) is 4.52. The molecule has 0 aliphatic heterocycles. The highest BCUT2D eigenvalue weighted by molar-refractivity contribution is 6.30. The predicted octanol–water partition coefficient (Wildman–Crippen LogP) is 2.10. The van der Waals surface area contributed by atoms with Crippen LogP contribution in [-0.4, -0.2) is 22.5 Å². The number of carbonyl (C=O) groups is 1. The highest BCUT2D eigenvalue weighted by Gasteiger charge is 1.97. The monoisotopic (exact) mass is 226 g/mol. The topological polar surface area (TPSA) is 52.1 Å². The fourth-order valence-corrected chi connectivity index (χ4v) is 0.986. The van der Waals surface area contributed by atoms with E-state index in [0.29, 0.717) is 17.5 Å². The molecule has 1 rings (SSSR count). The van der Waals surface area contributed by atoms with Crippen LogP contribution in [0, 0.1) is 0 Å². The van der Waals surface area contributed by atoms with Crippen molar-refractivity contribution in [3.63, 3.8) is 0 Å². The van der Waals surface area contributed by atoms with Gasteiger partial charge in [0.15, 0.2) is 5.82 Å². The normalized spacial score (nSPS) is 10.5. The van der Waals surface area contributed by atoms with Gasteiger partial charge >= 0.3 is 5.97 Å². The molecule has 15 heavy (non-hydrogen) atoms. The summed E-state index contributed by atoms with van der Waals surface area (Å²) in [7, 11) is 0. The van der Waals surface area contributed by atoms with Gasteiger partial charge in [-0.05, 0) is 13.0 Å². The zero-order chi connectivity index (χ0) is 11.1. The fourth-order valence-electron chi connectivity index (χ4n) is 0.889. The van der Waals surface area contributed by atoms with E-state index in [1.807, 2.05) is 0 Å². The van der Waals surface area contributed by atoms with Gasteiger partial charge in [-0.15, -0.1) is 0 Å².